The molecule has 1 unspecified atom stereocenters. The Kier molecular flexibility index (Phi) is 7.76. The summed E-state index contributed by atoms with van der Waals surface area (Å²) in [5.41, 5.74) is 24.0. The molecule has 9 aromatic carbocycles. The second-order valence-corrected chi connectivity index (χ2v) is 18.3. The van der Waals surface area contributed by atoms with Gasteiger partial charge in [-0.05, 0) is 150 Å². The zero-order valence-electron chi connectivity index (χ0n) is 35.6. The molecule has 0 aliphatic heterocycles. The minimum atomic E-state index is -0.453. The van der Waals surface area contributed by atoms with Crippen molar-refractivity contribution in [1.82, 2.24) is 0 Å². The summed E-state index contributed by atoms with van der Waals surface area (Å²) in [5, 5.41) is 2.55. The molecule has 13 rings (SSSR count). The largest absolute Gasteiger partial charge is 0.310 e. The first-order chi connectivity index (χ1) is 31.0. The molecule has 0 bridgehead atoms. The van der Waals surface area contributed by atoms with E-state index in [2.05, 4.69) is 231 Å². The number of para-hydroxylation sites is 1. The molecule has 1 atom stereocenters. The lowest BCUT2D eigenvalue weighted by Gasteiger charge is -2.31. The smallest absolute Gasteiger partial charge is 0.0725 e. The molecule has 0 amide bonds. The van der Waals surface area contributed by atoms with E-state index in [0.717, 1.165) is 29.9 Å². The summed E-state index contributed by atoms with van der Waals surface area (Å²) in [5.74, 6) is 0. The molecule has 0 fully saturated rings. The van der Waals surface area contributed by atoms with Crippen molar-refractivity contribution in [3.63, 3.8) is 0 Å². The van der Waals surface area contributed by atoms with Gasteiger partial charge in [0.25, 0.3) is 0 Å². The maximum Gasteiger partial charge on any atom is 0.0725 e. The summed E-state index contributed by atoms with van der Waals surface area (Å²) < 4.78 is 0. The van der Waals surface area contributed by atoms with Crippen LogP contribution in [0.1, 0.15) is 65.6 Å². The number of benzene rings is 9. The second kappa shape index (κ2) is 13.5. The molecule has 0 heterocycles. The van der Waals surface area contributed by atoms with Crippen LogP contribution in [0.15, 0.2) is 212 Å². The van der Waals surface area contributed by atoms with Crippen LogP contribution in [0.3, 0.4) is 0 Å². The fourth-order valence-electron chi connectivity index (χ4n) is 11.9. The summed E-state index contributed by atoms with van der Waals surface area (Å²) in [6.07, 6.45) is 9.12. The highest BCUT2D eigenvalue weighted by molar-refractivity contribution is 6.04. The quantitative estimate of drug-likeness (QED) is 0.168. The van der Waals surface area contributed by atoms with E-state index in [1.165, 1.54) is 99.8 Å². The molecular weight excluding hydrogens is 759 g/mol. The van der Waals surface area contributed by atoms with E-state index >= 15 is 0 Å². The summed E-state index contributed by atoms with van der Waals surface area (Å²) in [4.78, 5) is 2.51. The van der Waals surface area contributed by atoms with Crippen LogP contribution in [0.2, 0.25) is 0 Å². The number of allylic oxidation sites excluding steroid dienone is 4. The summed E-state index contributed by atoms with van der Waals surface area (Å²) in [6, 6.07) is 73.6. The lowest BCUT2D eigenvalue weighted by molar-refractivity contribution is 0.660. The van der Waals surface area contributed by atoms with E-state index < -0.39 is 5.41 Å². The standard InChI is InChI=1S/C62H45N/c1-61(2)53-26-12-8-21-46(53)48-36-35-45(39-57(48)61)63(44-33-31-41(32-34-44)40-17-4-3-5-18-40)59-30-15-11-23-49(59)50-25-16-29-56-60(50)51-24-10-14-28-55(51)62(56)54-27-13-9-22-47(54)52-37-42-19-6-7-20-43(42)38-58(52)62/h4,6-39H,3,5H2,1-2H3. The van der Waals surface area contributed by atoms with Crippen molar-refractivity contribution >= 4 is 33.4 Å². The van der Waals surface area contributed by atoms with Gasteiger partial charge in [-0.3, -0.25) is 0 Å². The molecule has 4 aliphatic carbocycles. The van der Waals surface area contributed by atoms with Crippen LogP contribution in [0.25, 0.3) is 60.9 Å². The molecule has 4 aliphatic rings. The Labute approximate surface area is 370 Å². The number of hydrogen-bond donors (Lipinski definition) is 0. The number of rotatable bonds is 5. The van der Waals surface area contributed by atoms with Crippen LogP contribution in [0.4, 0.5) is 17.1 Å². The lowest BCUT2D eigenvalue weighted by atomic mass is 9.70. The third-order valence-electron chi connectivity index (χ3n) is 14.7. The molecule has 0 radical (unpaired) electrons. The van der Waals surface area contributed by atoms with Crippen molar-refractivity contribution < 1.29 is 0 Å². The van der Waals surface area contributed by atoms with Gasteiger partial charge in [-0.15, -0.1) is 0 Å². The van der Waals surface area contributed by atoms with E-state index in [0.29, 0.717) is 0 Å². The van der Waals surface area contributed by atoms with Crippen molar-refractivity contribution in [2.75, 3.05) is 4.90 Å². The van der Waals surface area contributed by atoms with Crippen LogP contribution in [0, 0.1) is 0 Å². The Hall–Kier alpha value is -7.48. The Balaban J connectivity index is 1.05. The first-order valence-electron chi connectivity index (χ1n) is 22.5. The van der Waals surface area contributed by atoms with Crippen molar-refractivity contribution in [1.29, 1.82) is 0 Å². The van der Waals surface area contributed by atoms with Gasteiger partial charge in [0.15, 0.2) is 0 Å². The molecular formula is C62H45N. The van der Waals surface area contributed by atoms with Crippen molar-refractivity contribution in [3.05, 3.63) is 251 Å². The normalized spacial score (nSPS) is 16.8. The van der Waals surface area contributed by atoms with E-state index in [-0.39, 0.29) is 5.41 Å². The predicted octanol–water partition coefficient (Wildman–Crippen LogP) is 16.4. The lowest BCUT2D eigenvalue weighted by Crippen LogP contribution is -2.25. The maximum absolute atomic E-state index is 2.51. The molecule has 298 valence electrons. The van der Waals surface area contributed by atoms with E-state index in [9.17, 15) is 0 Å². The average molecular weight is 804 g/mol. The minimum absolute atomic E-state index is 0.131. The van der Waals surface area contributed by atoms with Crippen molar-refractivity contribution in [2.45, 2.75) is 37.5 Å². The molecule has 1 spiro atoms. The molecule has 0 saturated heterocycles. The Morgan fingerprint density at radius 1 is 0.397 bits per heavy atom. The van der Waals surface area contributed by atoms with E-state index in [4.69, 9.17) is 0 Å². The van der Waals surface area contributed by atoms with Gasteiger partial charge in [0, 0.05) is 22.4 Å². The van der Waals surface area contributed by atoms with Gasteiger partial charge in [0.1, 0.15) is 0 Å². The zero-order chi connectivity index (χ0) is 41.9. The number of nitrogens with zero attached hydrogens (tertiary/aromatic N) is 1. The first-order valence-corrected chi connectivity index (χ1v) is 22.5. The van der Waals surface area contributed by atoms with Crippen molar-refractivity contribution in [3.8, 4) is 44.5 Å². The van der Waals surface area contributed by atoms with Crippen LogP contribution < -0.4 is 4.90 Å². The average Bonchev–Trinajstić information content (AvgIpc) is 3.89. The van der Waals surface area contributed by atoms with Crippen LogP contribution in [-0.2, 0) is 10.8 Å². The van der Waals surface area contributed by atoms with Gasteiger partial charge < -0.3 is 4.90 Å². The second-order valence-electron chi connectivity index (χ2n) is 18.3. The fourth-order valence-corrected chi connectivity index (χ4v) is 11.9. The van der Waals surface area contributed by atoms with E-state index in [1.807, 2.05) is 0 Å². The molecule has 0 N–H and O–H groups in total. The van der Waals surface area contributed by atoms with Crippen LogP contribution in [0.5, 0.6) is 0 Å². The van der Waals surface area contributed by atoms with Gasteiger partial charge in [0.2, 0.25) is 0 Å². The molecule has 0 saturated carbocycles. The molecule has 63 heavy (non-hydrogen) atoms. The van der Waals surface area contributed by atoms with Gasteiger partial charge in [-0.1, -0.05) is 184 Å². The van der Waals surface area contributed by atoms with E-state index in [1.54, 1.807) is 0 Å². The third-order valence-corrected chi connectivity index (χ3v) is 14.7. The first kappa shape index (κ1) is 36.2. The highest BCUT2D eigenvalue weighted by Crippen LogP contribution is 2.65. The molecule has 1 heteroatoms. The van der Waals surface area contributed by atoms with Crippen LogP contribution >= 0.6 is 0 Å². The summed E-state index contributed by atoms with van der Waals surface area (Å²) in [6.45, 7) is 4.76. The van der Waals surface area contributed by atoms with Crippen LogP contribution in [-0.4, -0.2) is 0 Å². The van der Waals surface area contributed by atoms with Gasteiger partial charge in [-0.2, -0.15) is 0 Å². The Morgan fingerprint density at radius 2 is 0.984 bits per heavy atom. The summed E-state index contributed by atoms with van der Waals surface area (Å²) in [7, 11) is 0. The fraction of sp³-hybridized carbons (Fsp3) is 0.0968. The van der Waals surface area contributed by atoms with Gasteiger partial charge in [0.05, 0.1) is 11.1 Å². The minimum Gasteiger partial charge on any atom is -0.310 e. The highest BCUT2D eigenvalue weighted by atomic mass is 15.1. The Bertz CT molecular complexity index is 3430. The van der Waals surface area contributed by atoms with Gasteiger partial charge in [-0.25, -0.2) is 0 Å². The number of fused-ring (bicyclic) bond motifs is 14. The van der Waals surface area contributed by atoms with Gasteiger partial charge >= 0.3 is 0 Å². The number of hydrogen-bond acceptors (Lipinski definition) is 1. The summed E-state index contributed by atoms with van der Waals surface area (Å²) >= 11 is 0. The SMILES string of the molecule is CC1(C)c2ccccc2-c2ccc(N(c3ccc(C4=CCCC=C4)cc3)c3ccccc3-c3cccc4c3-c3ccccc3C43c4ccccc4-c4cc5ccccc5cc43)cc21. The third kappa shape index (κ3) is 5.05. The maximum atomic E-state index is 2.51. The topological polar surface area (TPSA) is 3.24 Å². The molecule has 1 nitrogen and oxygen atoms in total. The van der Waals surface area contributed by atoms with Crippen molar-refractivity contribution in [2.24, 2.45) is 0 Å². The zero-order valence-corrected chi connectivity index (χ0v) is 35.6. The number of anilines is 3. The monoisotopic (exact) mass is 803 g/mol. The predicted molar refractivity (Wildman–Crippen MR) is 264 cm³/mol. The molecule has 0 aromatic heterocycles. The highest BCUT2D eigenvalue weighted by Gasteiger charge is 2.52. The molecule has 9 aromatic rings. The Morgan fingerprint density at radius 3 is 1.75 bits per heavy atom.